The number of hydrogen-bond acceptors (Lipinski definition) is 8. The van der Waals surface area contributed by atoms with Crippen molar-refractivity contribution in [3.05, 3.63) is 47.8 Å². The molecule has 2 aromatic rings. The van der Waals surface area contributed by atoms with Crippen LogP contribution in [0.5, 0.6) is 0 Å². The molecule has 0 bridgehead atoms. The quantitative estimate of drug-likeness (QED) is 0.274. The van der Waals surface area contributed by atoms with Crippen molar-refractivity contribution < 1.29 is 25.2 Å². The van der Waals surface area contributed by atoms with E-state index in [9.17, 15) is 9.59 Å². The number of methoxy groups -OCH3 is 1. The molecule has 2 atom stereocenters. The monoisotopic (exact) mass is 463 g/mol. The van der Waals surface area contributed by atoms with Gasteiger partial charge >= 0.3 is 11.9 Å². The van der Waals surface area contributed by atoms with Crippen LogP contribution in [0.25, 0.3) is 0 Å². The van der Waals surface area contributed by atoms with E-state index in [0.29, 0.717) is 12.3 Å². The molecule has 9 nitrogen and oxygen atoms in total. The van der Waals surface area contributed by atoms with Gasteiger partial charge in [0.1, 0.15) is 25.4 Å². The van der Waals surface area contributed by atoms with Gasteiger partial charge in [0.15, 0.2) is 0 Å². The van der Waals surface area contributed by atoms with Crippen LogP contribution in [-0.2, 0) is 43.6 Å². The molecular weight excluding hydrogens is 428 g/mol. The molecule has 176 valence electrons. The predicted octanol–water partition coefficient (Wildman–Crippen LogP) is 2.40. The van der Waals surface area contributed by atoms with Crippen LogP contribution in [0, 0.1) is 0 Å². The summed E-state index contributed by atoms with van der Waals surface area (Å²) in [5.41, 5.74) is 1.37. The van der Waals surface area contributed by atoms with Gasteiger partial charge in [-0.15, -0.1) is 5.10 Å². The third-order valence-corrected chi connectivity index (χ3v) is 6.32. The van der Waals surface area contributed by atoms with Crippen molar-refractivity contribution in [3.63, 3.8) is 0 Å². The van der Waals surface area contributed by atoms with Gasteiger partial charge in [0.2, 0.25) is 0 Å². The minimum absolute atomic E-state index is 0.0901. The minimum atomic E-state index is -1.17. The maximum absolute atomic E-state index is 12.5. The average Bonchev–Trinajstić information content (AvgIpc) is 3.24. The van der Waals surface area contributed by atoms with Crippen molar-refractivity contribution in [2.75, 3.05) is 13.7 Å². The zero-order valence-corrected chi connectivity index (χ0v) is 20.2. The topological polar surface area (TPSA) is 105 Å². The van der Waals surface area contributed by atoms with Crippen LogP contribution < -0.4 is 5.32 Å². The standard InChI is InChI=1S/C22H34N4O5Si/c1-17(21(27)31-15-18-9-7-6-8-10-18)23-20(22(28)29-2)13-19-14-26(25-24-19)16-30-11-12-32(3,4)5/h6-10,14,17,20,23H,11-13,15-16H2,1-5H3/t17-,20-/m0/s1/i1D. The summed E-state index contributed by atoms with van der Waals surface area (Å²) in [4.78, 5) is 24.8. The second-order valence-corrected chi connectivity index (χ2v) is 14.3. The van der Waals surface area contributed by atoms with Gasteiger partial charge in [0.05, 0.1) is 19.0 Å². The van der Waals surface area contributed by atoms with Gasteiger partial charge in [-0.05, 0) is 18.5 Å². The van der Waals surface area contributed by atoms with Crippen molar-refractivity contribution in [1.82, 2.24) is 20.3 Å². The molecule has 1 heterocycles. The van der Waals surface area contributed by atoms with E-state index in [1.165, 1.54) is 7.11 Å². The lowest BCUT2D eigenvalue weighted by atomic mass is 10.1. The fourth-order valence-corrected chi connectivity index (χ4v) is 3.49. The summed E-state index contributed by atoms with van der Waals surface area (Å²) in [7, 11) is 0.101. The van der Waals surface area contributed by atoms with E-state index in [4.69, 9.17) is 15.6 Å². The summed E-state index contributed by atoms with van der Waals surface area (Å²) >= 11 is 0. The summed E-state index contributed by atoms with van der Waals surface area (Å²) in [6.45, 7) is 7.58. The molecule has 0 aliphatic carbocycles. The Labute approximate surface area is 191 Å². The second-order valence-electron chi connectivity index (χ2n) is 8.69. The molecule has 0 saturated heterocycles. The largest absolute Gasteiger partial charge is 0.468 e. The molecule has 1 aromatic heterocycles. The molecule has 0 radical (unpaired) electrons. The lowest BCUT2D eigenvalue weighted by Gasteiger charge is -2.20. The van der Waals surface area contributed by atoms with E-state index in [1.54, 1.807) is 10.9 Å². The van der Waals surface area contributed by atoms with Gasteiger partial charge in [0.25, 0.3) is 0 Å². The van der Waals surface area contributed by atoms with E-state index < -0.39 is 32.1 Å². The third kappa shape index (κ3) is 9.29. The first-order chi connectivity index (χ1) is 15.7. The first-order valence-electron chi connectivity index (χ1n) is 11.2. The third-order valence-electron chi connectivity index (χ3n) is 4.62. The van der Waals surface area contributed by atoms with E-state index in [-0.39, 0.29) is 26.7 Å². The number of aromatic nitrogens is 3. The molecule has 1 aromatic carbocycles. The van der Waals surface area contributed by atoms with E-state index in [1.807, 2.05) is 30.3 Å². The van der Waals surface area contributed by atoms with Crippen LogP contribution in [0.4, 0.5) is 0 Å². The molecule has 1 N–H and O–H groups in total. The SMILES string of the molecule is [2H]C[C@H](N[C@@H](Cc1cn(COCC[Si](C)(C)C)nn1)C(=O)OC)C(=O)OCc1ccccc1. The van der Waals surface area contributed by atoms with Crippen molar-refractivity contribution in [2.24, 2.45) is 0 Å². The van der Waals surface area contributed by atoms with Gasteiger partial charge < -0.3 is 14.2 Å². The van der Waals surface area contributed by atoms with Crippen LogP contribution >= 0.6 is 0 Å². The summed E-state index contributed by atoms with van der Waals surface area (Å²) in [5, 5.41) is 11.0. The lowest BCUT2D eigenvalue weighted by molar-refractivity contribution is -0.148. The van der Waals surface area contributed by atoms with Gasteiger partial charge in [-0.25, -0.2) is 4.68 Å². The fraction of sp³-hybridized carbons (Fsp3) is 0.545. The van der Waals surface area contributed by atoms with Crippen molar-refractivity contribution in [1.29, 1.82) is 0 Å². The first-order valence-corrected chi connectivity index (χ1v) is 14.2. The molecule has 0 spiro atoms. The summed E-state index contributed by atoms with van der Waals surface area (Å²) in [5.74, 6) is -1.17. The highest BCUT2D eigenvalue weighted by Gasteiger charge is 2.26. The molecule has 0 amide bonds. The fourth-order valence-electron chi connectivity index (χ4n) is 2.73. The lowest BCUT2D eigenvalue weighted by Crippen LogP contribution is -2.47. The second kappa shape index (κ2) is 12.5. The van der Waals surface area contributed by atoms with Crippen LogP contribution in [-0.4, -0.2) is 60.8 Å². The van der Waals surface area contributed by atoms with Gasteiger partial charge in [-0.2, -0.15) is 0 Å². The Hall–Kier alpha value is -2.56. The highest BCUT2D eigenvalue weighted by molar-refractivity contribution is 6.76. The number of benzene rings is 1. The maximum Gasteiger partial charge on any atom is 0.323 e. The average molecular weight is 464 g/mol. The van der Waals surface area contributed by atoms with Gasteiger partial charge in [-0.1, -0.05) is 55.2 Å². The smallest absolute Gasteiger partial charge is 0.323 e. The summed E-state index contributed by atoms with van der Waals surface area (Å²) < 4.78 is 25.1. The van der Waals surface area contributed by atoms with Gasteiger partial charge in [-0.3, -0.25) is 14.9 Å². The molecule has 10 heteroatoms. The Morgan fingerprint density at radius 3 is 2.62 bits per heavy atom. The maximum atomic E-state index is 12.5. The Kier molecular flexibility index (Phi) is 9.38. The van der Waals surface area contributed by atoms with Crippen LogP contribution in [0.15, 0.2) is 36.5 Å². The zero-order valence-electron chi connectivity index (χ0n) is 20.2. The number of rotatable bonds is 13. The van der Waals surface area contributed by atoms with E-state index in [0.717, 1.165) is 11.6 Å². The number of carbonyl (C=O) groups is 2. The van der Waals surface area contributed by atoms with Crippen LogP contribution in [0.3, 0.4) is 0 Å². The molecule has 2 rings (SSSR count). The van der Waals surface area contributed by atoms with Crippen LogP contribution in [0.2, 0.25) is 25.7 Å². The number of carbonyl (C=O) groups excluding carboxylic acids is 2. The van der Waals surface area contributed by atoms with Crippen molar-refractivity contribution in [3.8, 4) is 0 Å². The predicted molar refractivity (Wildman–Crippen MR) is 122 cm³/mol. The Morgan fingerprint density at radius 1 is 1.22 bits per heavy atom. The molecule has 0 saturated carbocycles. The molecule has 0 unspecified atom stereocenters. The molecular formula is C22H34N4O5Si. The molecule has 0 aliphatic rings. The number of nitrogens with one attached hydrogen (secondary N) is 1. The van der Waals surface area contributed by atoms with Crippen molar-refractivity contribution >= 4 is 20.0 Å². The Balaban J connectivity index is 1.92. The number of esters is 2. The minimum Gasteiger partial charge on any atom is -0.468 e. The molecule has 32 heavy (non-hydrogen) atoms. The van der Waals surface area contributed by atoms with Crippen molar-refractivity contribution in [2.45, 2.75) is 64.4 Å². The number of hydrogen-bond donors (Lipinski definition) is 1. The van der Waals surface area contributed by atoms with E-state index >= 15 is 0 Å². The van der Waals surface area contributed by atoms with E-state index in [2.05, 4.69) is 35.3 Å². The normalized spacial score (nSPS) is 13.8. The highest BCUT2D eigenvalue weighted by atomic mass is 28.3. The first kappa shape index (κ1) is 24.1. The Morgan fingerprint density at radius 2 is 1.97 bits per heavy atom. The highest BCUT2D eigenvalue weighted by Crippen LogP contribution is 2.08. The van der Waals surface area contributed by atoms with Crippen LogP contribution in [0.1, 0.15) is 19.5 Å². The zero-order chi connectivity index (χ0) is 24.3. The number of ether oxygens (including phenoxy) is 3. The molecule has 0 aliphatic heterocycles. The summed E-state index contributed by atoms with van der Waals surface area (Å²) in [6, 6.07) is 8.43. The number of nitrogens with zero attached hydrogens (tertiary/aromatic N) is 3. The summed E-state index contributed by atoms with van der Waals surface area (Å²) in [6.07, 6.45) is 1.83. The Bertz CT molecular complexity index is 875. The van der Waals surface area contributed by atoms with Gasteiger partial charge in [0, 0.05) is 22.5 Å². The molecule has 0 fully saturated rings.